The number of aromatic nitrogens is 1. The highest BCUT2D eigenvalue weighted by Crippen LogP contribution is 2.32. The van der Waals surface area contributed by atoms with E-state index in [9.17, 15) is 0 Å². The normalized spacial score (nSPS) is 12.6. The van der Waals surface area contributed by atoms with Gasteiger partial charge in [0.25, 0.3) is 0 Å². The number of pyridine rings is 1. The van der Waals surface area contributed by atoms with Crippen molar-refractivity contribution in [2.24, 2.45) is 0 Å². The first-order chi connectivity index (χ1) is 8.72. The molecule has 1 N–H and O–H groups in total. The van der Waals surface area contributed by atoms with E-state index in [1.54, 1.807) is 11.3 Å². The van der Waals surface area contributed by atoms with E-state index >= 15 is 0 Å². The Morgan fingerprint density at radius 3 is 2.78 bits per heavy atom. The van der Waals surface area contributed by atoms with Crippen LogP contribution < -0.4 is 5.32 Å². The van der Waals surface area contributed by atoms with Gasteiger partial charge >= 0.3 is 0 Å². The standard InChI is InChI=1S/C14H17BrN2S/c1-3-7-16-13(14-12(15)6-8-18-14)11-5-4-10(2)17-9-11/h4-6,8-9,13,16H,3,7H2,1-2H3. The van der Waals surface area contributed by atoms with E-state index < -0.39 is 0 Å². The summed E-state index contributed by atoms with van der Waals surface area (Å²) in [6.07, 6.45) is 3.09. The van der Waals surface area contributed by atoms with Crippen LogP contribution in [0.4, 0.5) is 0 Å². The first-order valence-electron chi connectivity index (χ1n) is 6.11. The van der Waals surface area contributed by atoms with E-state index in [0.717, 1.165) is 18.7 Å². The van der Waals surface area contributed by atoms with Gasteiger partial charge in [-0.05, 0) is 58.9 Å². The van der Waals surface area contributed by atoms with Crippen molar-refractivity contribution in [1.82, 2.24) is 10.3 Å². The summed E-state index contributed by atoms with van der Waals surface area (Å²) in [5.74, 6) is 0. The largest absolute Gasteiger partial charge is 0.306 e. The van der Waals surface area contributed by atoms with Crippen LogP contribution in [-0.2, 0) is 0 Å². The van der Waals surface area contributed by atoms with Crippen LogP contribution in [0.15, 0.2) is 34.2 Å². The topological polar surface area (TPSA) is 24.9 Å². The van der Waals surface area contributed by atoms with Gasteiger partial charge in [0.05, 0.1) is 6.04 Å². The monoisotopic (exact) mass is 324 g/mol. The van der Waals surface area contributed by atoms with Crippen LogP contribution in [0.1, 0.15) is 35.5 Å². The number of hydrogen-bond acceptors (Lipinski definition) is 3. The molecule has 0 fully saturated rings. The van der Waals surface area contributed by atoms with Crippen molar-refractivity contribution < 1.29 is 0 Å². The Bertz CT molecular complexity index is 493. The lowest BCUT2D eigenvalue weighted by Gasteiger charge is -2.18. The minimum Gasteiger partial charge on any atom is -0.306 e. The van der Waals surface area contributed by atoms with Gasteiger partial charge in [0.15, 0.2) is 0 Å². The molecule has 18 heavy (non-hydrogen) atoms. The molecule has 96 valence electrons. The molecule has 2 aromatic rings. The minimum atomic E-state index is 0.229. The van der Waals surface area contributed by atoms with Crippen molar-refractivity contribution in [3.05, 3.63) is 50.4 Å². The average Bonchev–Trinajstić information content (AvgIpc) is 2.78. The van der Waals surface area contributed by atoms with Crippen molar-refractivity contribution in [2.75, 3.05) is 6.54 Å². The fourth-order valence-corrected chi connectivity index (χ4v) is 3.52. The summed E-state index contributed by atoms with van der Waals surface area (Å²) in [6, 6.07) is 6.55. The number of thiophene rings is 1. The van der Waals surface area contributed by atoms with Crippen LogP contribution in [-0.4, -0.2) is 11.5 Å². The number of hydrogen-bond donors (Lipinski definition) is 1. The Morgan fingerprint density at radius 2 is 2.22 bits per heavy atom. The molecule has 0 saturated carbocycles. The molecule has 0 aliphatic heterocycles. The van der Waals surface area contributed by atoms with Gasteiger partial charge in [-0.2, -0.15) is 0 Å². The first kappa shape index (κ1) is 13.7. The van der Waals surface area contributed by atoms with Crippen LogP contribution in [0.25, 0.3) is 0 Å². The zero-order valence-electron chi connectivity index (χ0n) is 10.6. The van der Waals surface area contributed by atoms with Gasteiger partial charge in [0, 0.05) is 21.2 Å². The molecule has 2 rings (SSSR count). The first-order valence-corrected chi connectivity index (χ1v) is 7.78. The van der Waals surface area contributed by atoms with Crippen molar-refractivity contribution in [2.45, 2.75) is 26.3 Å². The van der Waals surface area contributed by atoms with Gasteiger partial charge in [0.2, 0.25) is 0 Å². The second kappa shape index (κ2) is 6.45. The molecule has 0 spiro atoms. The SMILES string of the molecule is CCCNC(c1ccc(C)nc1)c1sccc1Br. The summed E-state index contributed by atoms with van der Waals surface area (Å²) in [7, 11) is 0. The van der Waals surface area contributed by atoms with Crippen LogP contribution in [0, 0.1) is 6.92 Å². The number of nitrogens with zero attached hydrogens (tertiary/aromatic N) is 1. The highest BCUT2D eigenvalue weighted by Gasteiger charge is 2.17. The summed E-state index contributed by atoms with van der Waals surface area (Å²) in [4.78, 5) is 5.71. The average molecular weight is 325 g/mol. The second-order valence-corrected chi connectivity index (χ2v) is 6.05. The molecular formula is C14H17BrN2S. The smallest absolute Gasteiger partial charge is 0.0697 e. The third kappa shape index (κ3) is 3.19. The molecule has 4 heteroatoms. The van der Waals surface area contributed by atoms with E-state index in [4.69, 9.17) is 0 Å². The molecule has 0 bridgehead atoms. The van der Waals surface area contributed by atoms with Crippen LogP contribution in [0.2, 0.25) is 0 Å². The number of aryl methyl sites for hydroxylation is 1. The van der Waals surface area contributed by atoms with E-state index in [1.807, 2.05) is 13.1 Å². The molecule has 2 aromatic heterocycles. The van der Waals surface area contributed by atoms with Crippen LogP contribution >= 0.6 is 27.3 Å². The number of halogens is 1. The van der Waals surface area contributed by atoms with Gasteiger partial charge < -0.3 is 5.32 Å². The molecule has 2 heterocycles. The van der Waals surface area contributed by atoms with E-state index in [1.165, 1.54) is 14.9 Å². The van der Waals surface area contributed by atoms with Gasteiger partial charge in [-0.15, -0.1) is 11.3 Å². The Hall–Kier alpha value is -0.710. The summed E-state index contributed by atoms with van der Waals surface area (Å²) in [5.41, 5.74) is 2.27. The Kier molecular flexibility index (Phi) is 4.92. The third-order valence-corrected chi connectivity index (χ3v) is 4.71. The molecular weight excluding hydrogens is 308 g/mol. The highest BCUT2D eigenvalue weighted by atomic mass is 79.9. The molecule has 2 nitrogen and oxygen atoms in total. The van der Waals surface area contributed by atoms with Crippen molar-refractivity contribution in [1.29, 1.82) is 0 Å². The van der Waals surface area contributed by atoms with Crippen molar-refractivity contribution in [3.63, 3.8) is 0 Å². The highest BCUT2D eigenvalue weighted by molar-refractivity contribution is 9.10. The van der Waals surface area contributed by atoms with Crippen LogP contribution in [0.3, 0.4) is 0 Å². The fraction of sp³-hybridized carbons (Fsp3) is 0.357. The zero-order chi connectivity index (χ0) is 13.0. The summed E-state index contributed by atoms with van der Waals surface area (Å²) in [5, 5.41) is 5.70. The van der Waals surface area contributed by atoms with Gasteiger partial charge in [-0.3, -0.25) is 4.98 Å². The van der Waals surface area contributed by atoms with Gasteiger partial charge in [-0.1, -0.05) is 13.0 Å². The number of rotatable bonds is 5. The number of nitrogens with one attached hydrogen (secondary N) is 1. The van der Waals surface area contributed by atoms with Gasteiger partial charge in [0.1, 0.15) is 0 Å². The maximum Gasteiger partial charge on any atom is 0.0697 e. The van der Waals surface area contributed by atoms with E-state index in [-0.39, 0.29) is 6.04 Å². The van der Waals surface area contributed by atoms with Crippen molar-refractivity contribution in [3.8, 4) is 0 Å². The summed E-state index contributed by atoms with van der Waals surface area (Å²) >= 11 is 5.39. The molecule has 0 saturated heterocycles. The molecule has 0 radical (unpaired) electrons. The molecule has 1 atom stereocenters. The predicted molar refractivity (Wildman–Crippen MR) is 81.1 cm³/mol. The molecule has 1 unspecified atom stereocenters. The molecule has 0 amide bonds. The lowest BCUT2D eigenvalue weighted by molar-refractivity contribution is 0.602. The molecule has 0 aliphatic rings. The molecule has 0 aromatic carbocycles. The summed E-state index contributed by atoms with van der Waals surface area (Å²) in [6.45, 7) is 5.20. The third-order valence-electron chi connectivity index (χ3n) is 2.77. The Balaban J connectivity index is 2.30. The van der Waals surface area contributed by atoms with E-state index in [0.29, 0.717) is 0 Å². The second-order valence-electron chi connectivity index (χ2n) is 4.25. The van der Waals surface area contributed by atoms with E-state index in [2.05, 4.69) is 56.7 Å². The fourth-order valence-electron chi connectivity index (χ4n) is 1.81. The maximum absolute atomic E-state index is 4.40. The van der Waals surface area contributed by atoms with Crippen molar-refractivity contribution >= 4 is 27.3 Å². The lowest BCUT2D eigenvalue weighted by atomic mass is 10.1. The zero-order valence-corrected chi connectivity index (χ0v) is 13.0. The molecule has 0 aliphatic carbocycles. The lowest BCUT2D eigenvalue weighted by Crippen LogP contribution is -2.22. The quantitative estimate of drug-likeness (QED) is 0.886. The van der Waals surface area contributed by atoms with Crippen LogP contribution in [0.5, 0.6) is 0 Å². The Labute approximate surface area is 121 Å². The maximum atomic E-state index is 4.40. The minimum absolute atomic E-state index is 0.229. The van der Waals surface area contributed by atoms with Gasteiger partial charge in [-0.25, -0.2) is 0 Å². The Morgan fingerprint density at radius 1 is 1.39 bits per heavy atom. The summed E-state index contributed by atoms with van der Waals surface area (Å²) < 4.78 is 1.17. The predicted octanol–water partition coefficient (Wildman–Crippen LogP) is 4.30.